The Morgan fingerprint density at radius 2 is 1.82 bits per heavy atom. The fourth-order valence-corrected chi connectivity index (χ4v) is 0.504. The highest BCUT2D eigenvalue weighted by Crippen LogP contribution is 1.75. The van der Waals surface area contributed by atoms with Crippen LogP contribution in [0.4, 0.5) is 0 Å². The van der Waals surface area contributed by atoms with Gasteiger partial charge in [0, 0.05) is 14.1 Å². The summed E-state index contributed by atoms with van der Waals surface area (Å²) in [6.45, 7) is 1.97. The highest BCUT2D eigenvalue weighted by Gasteiger charge is 2.02. The Morgan fingerprint density at radius 3 is 2.18 bits per heavy atom. The highest BCUT2D eigenvalue weighted by molar-refractivity contribution is 5.80. The van der Waals surface area contributed by atoms with Crippen molar-refractivity contribution in [3.05, 3.63) is 0 Å². The first-order valence-corrected chi connectivity index (χ1v) is 3.44. The maximum atomic E-state index is 10.9. The van der Waals surface area contributed by atoms with Crippen molar-refractivity contribution in [2.45, 2.75) is 6.92 Å². The summed E-state index contributed by atoms with van der Waals surface area (Å²) in [5.74, 6) is 0.0165. The molecule has 0 spiro atoms. The molecule has 0 aliphatic rings. The van der Waals surface area contributed by atoms with E-state index in [0.717, 1.165) is 0 Å². The standard InChI is InChI=1S/C7H14N2O2/c1-6(10)4-8-5-7(11)9(2)3/h8H,4-5H2,1-3H3. The van der Waals surface area contributed by atoms with Crippen molar-refractivity contribution in [3.63, 3.8) is 0 Å². The first-order chi connectivity index (χ1) is 5.04. The molecule has 0 fully saturated rings. The van der Waals surface area contributed by atoms with Crippen molar-refractivity contribution in [2.75, 3.05) is 27.2 Å². The zero-order chi connectivity index (χ0) is 8.85. The molecule has 4 nitrogen and oxygen atoms in total. The molecule has 0 radical (unpaired) electrons. The summed E-state index contributed by atoms with van der Waals surface area (Å²) < 4.78 is 0. The van der Waals surface area contributed by atoms with Gasteiger partial charge < -0.3 is 10.2 Å². The van der Waals surface area contributed by atoms with Gasteiger partial charge in [0.05, 0.1) is 13.1 Å². The number of likely N-dealkylation sites (N-methyl/N-ethyl adjacent to an activating group) is 1. The molecule has 0 saturated carbocycles. The second kappa shape index (κ2) is 4.85. The van der Waals surface area contributed by atoms with Crippen molar-refractivity contribution in [1.82, 2.24) is 10.2 Å². The molecule has 0 aliphatic carbocycles. The predicted molar refractivity (Wildman–Crippen MR) is 42.2 cm³/mol. The van der Waals surface area contributed by atoms with Crippen LogP contribution in [0.15, 0.2) is 0 Å². The van der Waals surface area contributed by atoms with E-state index in [1.807, 2.05) is 0 Å². The van der Waals surface area contributed by atoms with Crippen LogP contribution in [0.1, 0.15) is 6.92 Å². The Bertz CT molecular complexity index is 155. The highest BCUT2D eigenvalue weighted by atomic mass is 16.2. The minimum Gasteiger partial charge on any atom is -0.348 e. The van der Waals surface area contributed by atoms with Gasteiger partial charge in [-0.25, -0.2) is 0 Å². The van der Waals surface area contributed by atoms with Crippen molar-refractivity contribution >= 4 is 11.7 Å². The minimum absolute atomic E-state index is 0.0220. The van der Waals surface area contributed by atoms with E-state index in [0.29, 0.717) is 0 Å². The van der Waals surface area contributed by atoms with E-state index in [1.54, 1.807) is 14.1 Å². The number of rotatable bonds is 4. The van der Waals surface area contributed by atoms with E-state index in [1.165, 1.54) is 11.8 Å². The average molecular weight is 158 g/mol. The Kier molecular flexibility index (Phi) is 4.45. The molecular formula is C7H14N2O2. The first-order valence-electron chi connectivity index (χ1n) is 3.44. The lowest BCUT2D eigenvalue weighted by molar-refractivity contribution is -0.127. The number of ketones is 1. The number of nitrogens with zero attached hydrogens (tertiary/aromatic N) is 1. The molecule has 4 heteroatoms. The summed E-state index contributed by atoms with van der Waals surface area (Å²) in [7, 11) is 3.36. The van der Waals surface area contributed by atoms with Gasteiger partial charge in [-0.1, -0.05) is 0 Å². The third kappa shape index (κ3) is 5.54. The smallest absolute Gasteiger partial charge is 0.236 e. The number of hydrogen-bond acceptors (Lipinski definition) is 3. The Hall–Kier alpha value is -0.900. The molecule has 0 aromatic rings. The lowest BCUT2D eigenvalue weighted by Crippen LogP contribution is -2.34. The van der Waals surface area contributed by atoms with Gasteiger partial charge in [-0.3, -0.25) is 9.59 Å². The summed E-state index contributed by atoms with van der Waals surface area (Å²) in [5.41, 5.74) is 0. The zero-order valence-corrected chi connectivity index (χ0v) is 7.18. The third-order valence-corrected chi connectivity index (χ3v) is 1.15. The molecule has 0 aromatic heterocycles. The van der Waals surface area contributed by atoms with Crippen LogP contribution in [0.5, 0.6) is 0 Å². The van der Waals surface area contributed by atoms with Gasteiger partial charge in [0.1, 0.15) is 5.78 Å². The molecule has 0 saturated heterocycles. The predicted octanol–water partition coefficient (Wildman–Crippen LogP) is -0.747. The normalized spacial score (nSPS) is 9.36. The number of hydrogen-bond donors (Lipinski definition) is 1. The van der Waals surface area contributed by atoms with Gasteiger partial charge in [0.2, 0.25) is 5.91 Å². The molecule has 1 amide bonds. The van der Waals surface area contributed by atoms with Crippen LogP contribution in [0.3, 0.4) is 0 Å². The molecule has 0 aliphatic heterocycles. The second-order valence-corrected chi connectivity index (χ2v) is 2.59. The van der Waals surface area contributed by atoms with Crippen molar-refractivity contribution in [2.24, 2.45) is 0 Å². The van der Waals surface area contributed by atoms with E-state index in [9.17, 15) is 9.59 Å². The summed E-state index contributed by atoms with van der Waals surface area (Å²) >= 11 is 0. The summed E-state index contributed by atoms with van der Waals surface area (Å²) in [5, 5.41) is 2.73. The number of amides is 1. The topological polar surface area (TPSA) is 49.4 Å². The monoisotopic (exact) mass is 158 g/mol. The number of carbonyl (C=O) groups is 2. The molecule has 64 valence electrons. The van der Waals surface area contributed by atoms with Gasteiger partial charge in [0.15, 0.2) is 0 Å². The fourth-order valence-electron chi connectivity index (χ4n) is 0.504. The molecule has 0 aromatic carbocycles. The van der Waals surface area contributed by atoms with Crippen LogP contribution in [0, 0.1) is 0 Å². The lowest BCUT2D eigenvalue weighted by atomic mass is 10.4. The Labute approximate surface area is 66.6 Å². The van der Waals surface area contributed by atoms with Crippen molar-refractivity contribution in [3.8, 4) is 0 Å². The lowest BCUT2D eigenvalue weighted by Gasteiger charge is -2.09. The van der Waals surface area contributed by atoms with Gasteiger partial charge in [-0.15, -0.1) is 0 Å². The number of carbonyl (C=O) groups excluding carboxylic acids is 2. The van der Waals surface area contributed by atoms with E-state index >= 15 is 0 Å². The SMILES string of the molecule is CC(=O)CNCC(=O)N(C)C. The zero-order valence-electron chi connectivity index (χ0n) is 7.18. The summed E-state index contributed by atoms with van der Waals surface area (Å²) in [4.78, 5) is 22.8. The van der Waals surface area contributed by atoms with Gasteiger partial charge in [-0.05, 0) is 6.92 Å². The fraction of sp³-hybridized carbons (Fsp3) is 0.714. The maximum absolute atomic E-state index is 10.9. The molecule has 0 unspecified atom stereocenters. The maximum Gasteiger partial charge on any atom is 0.236 e. The largest absolute Gasteiger partial charge is 0.348 e. The molecule has 0 heterocycles. The van der Waals surface area contributed by atoms with E-state index < -0.39 is 0 Å². The molecule has 0 atom stereocenters. The van der Waals surface area contributed by atoms with Gasteiger partial charge >= 0.3 is 0 Å². The van der Waals surface area contributed by atoms with Gasteiger partial charge in [0.25, 0.3) is 0 Å². The summed E-state index contributed by atoms with van der Waals surface area (Å²) in [6, 6.07) is 0. The van der Waals surface area contributed by atoms with Crippen LogP contribution in [0.25, 0.3) is 0 Å². The van der Waals surface area contributed by atoms with Crippen LogP contribution >= 0.6 is 0 Å². The molecule has 11 heavy (non-hydrogen) atoms. The van der Waals surface area contributed by atoms with Crippen molar-refractivity contribution in [1.29, 1.82) is 0 Å². The minimum atomic E-state index is -0.0220. The molecule has 0 rings (SSSR count). The number of Topliss-reactive ketones (excluding diaryl/α,β-unsaturated/α-hetero) is 1. The van der Waals surface area contributed by atoms with E-state index in [2.05, 4.69) is 5.32 Å². The Morgan fingerprint density at radius 1 is 1.27 bits per heavy atom. The van der Waals surface area contributed by atoms with Crippen LogP contribution in [-0.4, -0.2) is 43.8 Å². The second-order valence-electron chi connectivity index (χ2n) is 2.59. The molecular weight excluding hydrogens is 144 g/mol. The first kappa shape index (κ1) is 10.1. The van der Waals surface area contributed by atoms with Crippen molar-refractivity contribution < 1.29 is 9.59 Å². The summed E-state index contributed by atoms with van der Waals surface area (Å²) in [6.07, 6.45) is 0. The van der Waals surface area contributed by atoms with E-state index in [-0.39, 0.29) is 24.8 Å². The van der Waals surface area contributed by atoms with Crippen LogP contribution < -0.4 is 5.32 Å². The average Bonchev–Trinajstić information content (AvgIpc) is 1.86. The molecule has 0 bridgehead atoms. The number of nitrogens with one attached hydrogen (secondary N) is 1. The van der Waals surface area contributed by atoms with Gasteiger partial charge in [-0.2, -0.15) is 0 Å². The Balaban J connectivity index is 3.39. The van der Waals surface area contributed by atoms with Crippen LogP contribution in [-0.2, 0) is 9.59 Å². The third-order valence-electron chi connectivity index (χ3n) is 1.15. The molecule has 1 N–H and O–H groups in total. The van der Waals surface area contributed by atoms with E-state index in [4.69, 9.17) is 0 Å². The quantitative estimate of drug-likeness (QED) is 0.586. The van der Waals surface area contributed by atoms with Crippen LogP contribution in [0.2, 0.25) is 0 Å².